The van der Waals surface area contributed by atoms with Crippen LogP contribution in [0, 0.1) is 5.82 Å². The molecule has 3 heteroatoms. The van der Waals surface area contributed by atoms with Gasteiger partial charge in [-0.15, -0.1) is 11.8 Å². The van der Waals surface area contributed by atoms with E-state index in [4.69, 9.17) is 0 Å². The summed E-state index contributed by atoms with van der Waals surface area (Å²) in [6, 6.07) is 13.9. The van der Waals surface area contributed by atoms with Crippen molar-refractivity contribution in [1.29, 1.82) is 0 Å². The second kappa shape index (κ2) is 4.36. The van der Waals surface area contributed by atoms with E-state index in [-0.39, 0.29) is 5.82 Å². The summed E-state index contributed by atoms with van der Waals surface area (Å²) in [6.45, 7) is 1.92. The minimum Gasteiger partial charge on any atom is -0.283 e. The monoisotopic (exact) mass is 271 g/mol. The molecule has 1 unspecified atom stereocenters. The summed E-state index contributed by atoms with van der Waals surface area (Å²) in [7, 11) is 0. The third-order valence-corrected chi connectivity index (χ3v) is 5.38. The van der Waals surface area contributed by atoms with Crippen molar-refractivity contribution < 1.29 is 4.39 Å². The highest BCUT2D eigenvalue weighted by Crippen LogP contribution is 2.47. The van der Waals surface area contributed by atoms with Gasteiger partial charge in [0.1, 0.15) is 5.82 Å². The van der Waals surface area contributed by atoms with Crippen molar-refractivity contribution in [2.75, 3.05) is 6.54 Å². The van der Waals surface area contributed by atoms with Crippen LogP contribution >= 0.6 is 11.8 Å². The summed E-state index contributed by atoms with van der Waals surface area (Å²) in [5, 5.41) is 0.392. The molecule has 0 saturated carbocycles. The number of rotatable bonds is 0. The van der Waals surface area contributed by atoms with Crippen molar-refractivity contribution in [3.05, 3.63) is 65.0 Å². The average Bonchev–Trinajstić information content (AvgIpc) is 2.45. The predicted molar refractivity (Wildman–Crippen MR) is 75.6 cm³/mol. The summed E-state index contributed by atoms with van der Waals surface area (Å²) in [4.78, 5) is 3.67. The second-order valence-electron chi connectivity index (χ2n) is 5.14. The fourth-order valence-corrected chi connectivity index (χ4v) is 4.35. The standard InChI is InChI=1S/C16H14FNS/c17-13-5-6-15-12(9-13)10-18-8-7-11-3-1-2-4-14(11)16(18)19-15/h1-6,9,16H,7-8,10H2. The number of fused-ring (bicyclic) bond motifs is 4. The van der Waals surface area contributed by atoms with Crippen molar-refractivity contribution in [2.24, 2.45) is 0 Å². The molecular formula is C16H14FNS. The Hall–Kier alpha value is -1.32. The molecule has 0 bridgehead atoms. The van der Waals surface area contributed by atoms with E-state index in [9.17, 15) is 4.39 Å². The third-order valence-electron chi connectivity index (χ3n) is 3.96. The Bertz CT molecular complexity index is 640. The van der Waals surface area contributed by atoms with Crippen LogP contribution in [0.2, 0.25) is 0 Å². The zero-order valence-corrected chi connectivity index (χ0v) is 11.3. The molecule has 0 fully saturated rings. The highest BCUT2D eigenvalue weighted by Gasteiger charge is 2.32. The number of thioether (sulfide) groups is 1. The first-order valence-electron chi connectivity index (χ1n) is 6.58. The topological polar surface area (TPSA) is 3.24 Å². The van der Waals surface area contributed by atoms with Gasteiger partial charge in [0, 0.05) is 18.0 Å². The van der Waals surface area contributed by atoms with Gasteiger partial charge in [0.15, 0.2) is 0 Å². The quantitative estimate of drug-likeness (QED) is 0.713. The number of hydrogen-bond acceptors (Lipinski definition) is 2. The minimum atomic E-state index is -0.129. The van der Waals surface area contributed by atoms with Crippen LogP contribution in [0.3, 0.4) is 0 Å². The van der Waals surface area contributed by atoms with Gasteiger partial charge in [0.05, 0.1) is 5.37 Å². The molecule has 1 atom stereocenters. The lowest BCUT2D eigenvalue weighted by atomic mass is 9.99. The van der Waals surface area contributed by atoms with Gasteiger partial charge in [-0.1, -0.05) is 24.3 Å². The molecule has 2 aliphatic heterocycles. The molecular weight excluding hydrogens is 257 g/mol. The van der Waals surface area contributed by atoms with E-state index < -0.39 is 0 Å². The molecule has 0 saturated heterocycles. The Morgan fingerprint density at radius 3 is 2.95 bits per heavy atom. The lowest BCUT2D eigenvalue weighted by Crippen LogP contribution is -2.35. The van der Waals surface area contributed by atoms with Crippen LogP contribution in [0.1, 0.15) is 22.1 Å². The first kappa shape index (κ1) is 11.5. The lowest BCUT2D eigenvalue weighted by molar-refractivity contribution is 0.230. The van der Waals surface area contributed by atoms with Gasteiger partial charge < -0.3 is 0 Å². The van der Waals surface area contributed by atoms with E-state index >= 15 is 0 Å². The maximum Gasteiger partial charge on any atom is 0.123 e. The van der Waals surface area contributed by atoms with Crippen LogP contribution in [-0.2, 0) is 13.0 Å². The minimum absolute atomic E-state index is 0.129. The normalized spacial score (nSPS) is 21.4. The molecule has 1 nitrogen and oxygen atoms in total. The molecule has 2 aromatic carbocycles. The fraction of sp³-hybridized carbons (Fsp3) is 0.250. The van der Waals surface area contributed by atoms with Crippen LogP contribution in [-0.4, -0.2) is 11.4 Å². The maximum absolute atomic E-state index is 13.3. The third kappa shape index (κ3) is 1.88. The zero-order valence-electron chi connectivity index (χ0n) is 10.5. The van der Waals surface area contributed by atoms with Crippen LogP contribution in [0.5, 0.6) is 0 Å². The van der Waals surface area contributed by atoms with Gasteiger partial charge in [0.25, 0.3) is 0 Å². The van der Waals surface area contributed by atoms with E-state index in [1.807, 2.05) is 17.8 Å². The molecule has 19 heavy (non-hydrogen) atoms. The summed E-state index contributed by atoms with van der Waals surface area (Å²) in [5.41, 5.74) is 4.01. The second-order valence-corrected chi connectivity index (χ2v) is 6.26. The molecule has 0 radical (unpaired) electrons. The Morgan fingerprint density at radius 2 is 2.00 bits per heavy atom. The smallest absolute Gasteiger partial charge is 0.123 e. The van der Waals surface area contributed by atoms with E-state index in [1.54, 1.807) is 12.1 Å². The van der Waals surface area contributed by atoms with Crippen molar-refractivity contribution in [3.63, 3.8) is 0 Å². The molecule has 2 heterocycles. The number of hydrogen-bond donors (Lipinski definition) is 0. The maximum atomic E-state index is 13.3. The van der Waals surface area contributed by atoms with Crippen molar-refractivity contribution >= 4 is 11.8 Å². The van der Waals surface area contributed by atoms with E-state index in [2.05, 4.69) is 29.2 Å². The molecule has 2 aliphatic rings. The number of nitrogens with zero attached hydrogens (tertiary/aromatic N) is 1. The van der Waals surface area contributed by atoms with Crippen molar-refractivity contribution in [3.8, 4) is 0 Å². The summed E-state index contributed by atoms with van der Waals surface area (Å²) >= 11 is 1.85. The first-order chi connectivity index (χ1) is 9.31. The molecule has 2 aromatic rings. The number of halogens is 1. The predicted octanol–water partition coefficient (Wildman–Crippen LogP) is 3.99. The molecule has 4 rings (SSSR count). The van der Waals surface area contributed by atoms with E-state index in [0.717, 1.165) is 25.1 Å². The summed E-state index contributed by atoms with van der Waals surface area (Å²) < 4.78 is 13.3. The van der Waals surface area contributed by atoms with Gasteiger partial charge >= 0.3 is 0 Å². The summed E-state index contributed by atoms with van der Waals surface area (Å²) in [6.07, 6.45) is 1.10. The molecule has 0 aliphatic carbocycles. The van der Waals surface area contributed by atoms with Gasteiger partial charge in [-0.05, 0) is 41.3 Å². The van der Waals surface area contributed by atoms with Crippen LogP contribution in [0.15, 0.2) is 47.4 Å². The van der Waals surface area contributed by atoms with Gasteiger partial charge in [-0.3, -0.25) is 4.90 Å². The largest absolute Gasteiger partial charge is 0.283 e. The van der Waals surface area contributed by atoms with Crippen LogP contribution < -0.4 is 0 Å². The average molecular weight is 271 g/mol. The molecule has 0 amide bonds. The van der Waals surface area contributed by atoms with Gasteiger partial charge in [-0.25, -0.2) is 4.39 Å². The van der Waals surface area contributed by atoms with E-state index in [1.165, 1.54) is 16.0 Å². The van der Waals surface area contributed by atoms with Gasteiger partial charge in [0.2, 0.25) is 0 Å². The van der Waals surface area contributed by atoms with Crippen LogP contribution in [0.4, 0.5) is 4.39 Å². The molecule has 0 aromatic heterocycles. The zero-order chi connectivity index (χ0) is 12.8. The Balaban J connectivity index is 1.77. The highest BCUT2D eigenvalue weighted by atomic mass is 32.2. The van der Waals surface area contributed by atoms with Gasteiger partial charge in [-0.2, -0.15) is 0 Å². The SMILES string of the molecule is Fc1ccc2c(c1)CN1CCc3ccccc3C1S2. The Labute approximate surface area is 116 Å². The first-order valence-corrected chi connectivity index (χ1v) is 7.46. The highest BCUT2D eigenvalue weighted by molar-refractivity contribution is 7.99. The Morgan fingerprint density at radius 1 is 1.11 bits per heavy atom. The van der Waals surface area contributed by atoms with Crippen molar-refractivity contribution in [1.82, 2.24) is 4.90 Å². The lowest BCUT2D eigenvalue weighted by Gasteiger charge is -2.40. The Kier molecular flexibility index (Phi) is 2.64. The van der Waals surface area contributed by atoms with Crippen LogP contribution in [0.25, 0.3) is 0 Å². The molecule has 0 N–H and O–H groups in total. The molecule has 0 spiro atoms. The fourth-order valence-electron chi connectivity index (χ4n) is 3.01. The molecule has 96 valence electrons. The summed E-state index contributed by atoms with van der Waals surface area (Å²) in [5.74, 6) is -0.129. The van der Waals surface area contributed by atoms with Crippen molar-refractivity contribution in [2.45, 2.75) is 23.2 Å². The number of benzene rings is 2. The van der Waals surface area contributed by atoms with E-state index in [0.29, 0.717) is 5.37 Å².